The van der Waals surface area contributed by atoms with Gasteiger partial charge in [0, 0.05) is 18.6 Å². The molecule has 0 radical (unpaired) electrons. The second-order valence-electron chi connectivity index (χ2n) is 5.18. The molecular weight excluding hydrogens is 286 g/mol. The number of carboxylic acids is 1. The fraction of sp³-hybridized carbons (Fsp3) is 0.833. The first kappa shape index (κ1) is 19.0. The van der Waals surface area contributed by atoms with Gasteiger partial charge < -0.3 is 25.0 Å². The molecule has 7 nitrogen and oxygen atoms in total. The van der Waals surface area contributed by atoms with Crippen LogP contribution in [0, 0.1) is 0 Å². The van der Waals surface area contributed by atoms with Crippen molar-refractivity contribution in [2.45, 2.75) is 38.5 Å². The summed E-state index contributed by atoms with van der Waals surface area (Å²) in [6, 6.07) is -1.07. The number of hydrogen-bond donors (Lipinski definition) is 3. The van der Waals surface area contributed by atoms with Crippen LogP contribution in [0.2, 0.25) is 0 Å². The minimum atomic E-state index is -1.15. The topological polar surface area (TPSA) is 105 Å². The lowest BCUT2D eigenvalue weighted by Crippen LogP contribution is -2.45. The summed E-state index contributed by atoms with van der Waals surface area (Å²) in [5.74, 6) is -0.687. The molecule has 1 amide bonds. The van der Waals surface area contributed by atoms with Crippen LogP contribution in [0.15, 0.2) is 0 Å². The van der Waals surface area contributed by atoms with Gasteiger partial charge in [0.25, 0.3) is 0 Å². The fourth-order valence-corrected chi connectivity index (χ4v) is 2.15. The Morgan fingerprint density at radius 2 is 1.90 bits per heavy atom. The minimum Gasteiger partial charge on any atom is -0.480 e. The number of aliphatic hydroxyl groups excluding tert-OH is 1. The molecule has 0 aromatic carbocycles. The van der Waals surface area contributed by atoms with Gasteiger partial charge in [-0.3, -0.25) is 0 Å². The van der Waals surface area contributed by atoms with Crippen molar-refractivity contribution in [2.75, 3.05) is 25.2 Å². The summed E-state index contributed by atoms with van der Waals surface area (Å²) in [6.45, 7) is 5.26. The number of aliphatic carboxylic acids is 1. The molecule has 0 saturated heterocycles. The lowest BCUT2D eigenvalue weighted by atomic mass is 10.2. The molecule has 0 aliphatic rings. The first-order valence-corrected chi connectivity index (χ1v) is 7.28. The Kier molecular flexibility index (Phi) is 8.59. The van der Waals surface area contributed by atoms with Crippen molar-refractivity contribution in [2.24, 2.45) is 0 Å². The predicted molar refractivity (Wildman–Crippen MR) is 76.0 cm³/mol. The van der Waals surface area contributed by atoms with Crippen LogP contribution in [0.5, 0.6) is 0 Å². The zero-order valence-corrected chi connectivity index (χ0v) is 13.0. The van der Waals surface area contributed by atoms with Gasteiger partial charge in [0.05, 0.1) is 12.7 Å². The number of aliphatic hydroxyl groups is 1. The van der Waals surface area contributed by atoms with Crippen LogP contribution in [0.1, 0.15) is 20.8 Å². The van der Waals surface area contributed by atoms with Gasteiger partial charge in [-0.1, -0.05) is 0 Å². The molecule has 0 aromatic heterocycles. The quantitative estimate of drug-likeness (QED) is 0.606. The number of methoxy groups -OCH3 is 1. The lowest BCUT2D eigenvalue weighted by molar-refractivity contribution is -0.138. The first-order valence-electron chi connectivity index (χ1n) is 6.12. The number of nitrogens with one attached hydrogen (secondary N) is 1. The average molecular weight is 309 g/mol. The molecule has 0 heterocycles. The van der Waals surface area contributed by atoms with E-state index in [9.17, 15) is 14.7 Å². The van der Waals surface area contributed by atoms with Gasteiger partial charge >= 0.3 is 12.1 Å². The highest BCUT2D eigenvalue weighted by Crippen LogP contribution is 2.09. The average Bonchev–Trinajstić information content (AvgIpc) is 2.25. The molecule has 2 unspecified atom stereocenters. The zero-order chi connectivity index (χ0) is 15.8. The summed E-state index contributed by atoms with van der Waals surface area (Å²) < 4.78 is 9.75. The monoisotopic (exact) mass is 309 g/mol. The third kappa shape index (κ3) is 9.88. The Balaban J connectivity index is 4.18. The van der Waals surface area contributed by atoms with Crippen LogP contribution in [0.25, 0.3) is 0 Å². The molecule has 0 fully saturated rings. The van der Waals surface area contributed by atoms with Crippen molar-refractivity contribution in [3.8, 4) is 0 Å². The zero-order valence-electron chi connectivity index (χ0n) is 12.2. The number of rotatable bonds is 8. The van der Waals surface area contributed by atoms with Crippen LogP contribution in [0.3, 0.4) is 0 Å². The van der Waals surface area contributed by atoms with E-state index < -0.39 is 29.8 Å². The summed E-state index contributed by atoms with van der Waals surface area (Å²) in [7, 11) is 1.47. The number of hydrogen-bond acceptors (Lipinski definition) is 6. The van der Waals surface area contributed by atoms with E-state index in [0.717, 1.165) is 0 Å². The number of thioether (sulfide) groups is 1. The Bertz CT molecular complexity index is 318. The van der Waals surface area contributed by atoms with Gasteiger partial charge in [-0.05, 0) is 20.8 Å². The molecule has 0 rings (SSSR count). The normalized spacial score (nSPS) is 14.4. The number of carbonyl (C=O) groups excluding carboxylic acids is 1. The van der Waals surface area contributed by atoms with Crippen LogP contribution in [0.4, 0.5) is 4.79 Å². The highest BCUT2D eigenvalue weighted by atomic mass is 32.2. The van der Waals surface area contributed by atoms with Gasteiger partial charge in [-0.2, -0.15) is 11.8 Å². The minimum absolute atomic E-state index is 0.134. The van der Waals surface area contributed by atoms with Crippen molar-refractivity contribution in [3.63, 3.8) is 0 Å². The van der Waals surface area contributed by atoms with E-state index in [-0.39, 0.29) is 12.4 Å². The van der Waals surface area contributed by atoms with Crippen molar-refractivity contribution < 1.29 is 29.3 Å². The van der Waals surface area contributed by atoms with Gasteiger partial charge in [0.15, 0.2) is 0 Å². The fourth-order valence-electron chi connectivity index (χ4n) is 1.19. The second-order valence-corrected chi connectivity index (χ2v) is 6.26. The summed E-state index contributed by atoms with van der Waals surface area (Å²) in [6.07, 6.45) is -1.44. The van der Waals surface area contributed by atoms with E-state index in [4.69, 9.17) is 14.6 Å². The maximum atomic E-state index is 11.5. The van der Waals surface area contributed by atoms with Gasteiger partial charge in [0.2, 0.25) is 0 Å². The predicted octanol–water partition coefficient (Wildman–Crippen LogP) is 0.705. The first-order chi connectivity index (χ1) is 9.15. The third-order valence-corrected chi connectivity index (χ3v) is 3.13. The molecule has 0 bridgehead atoms. The number of amides is 1. The Labute approximate surface area is 123 Å². The molecule has 2 atom stereocenters. The Morgan fingerprint density at radius 3 is 2.35 bits per heavy atom. The van der Waals surface area contributed by atoms with Crippen LogP contribution < -0.4 is 5.32 Å². The molecule has 0 aliphatic carbocycles. The van der Waals surface area contributed by atoms with Crippen LogP contribution in [-0.2, 0) is 14.3 Å². The molecule has 8 heteroatoms. The van der Waals surface area contributed by atoms with Crippen LogP contribution >= 0.6 is 11.8 Å². The van der Waals surface area contributed by atoms with Crippen molar-refractivity contribution in [1.29, 1.82) is 0 Å². The highest BCUT2D eigenvalue weighted by Gasteiger charge is 2.24. The van der Waals surface area contributed by atoms with E-state index >= 15 is 0 Å². The molecule has 0 aromatic rings. The largest absolute Gasteiger partial charge is 0.480 e. The third-order valence-electron chi connectivity index (χ3n) is 1.94. The van der Waals surface area contributed by atoms with Gasteiger partial charge in [-0.15, -0.1) is 0 Å². The van der Waals surface area contributed by atoms with Gasteiger partial charge in [-0.25, -0.2) is 9.59 Å². The lowest BCUT2D eigenvalue weighted by Gasteiger charge is -2.22. The van der Waals surface area contributed by atoms with Crippen molar-refractivity contribution >= 4 is 23.8 Å². The SMILES string of the molecule is COCC(O)CSCC(NC(=O)OC(C)(C)C)C(=O)O. The van der Waals surface area contributed by atoms with Crippen molar-refractivity contribution in [1.82, 2.24) is 5.32 Å². The van der Waals surface area contributed by atoms with E-state index in [0.29, 0.717) is 5.75 Å². The van der Waals surface area contributed by atoms with Gasteiger partial charge in [0.1, 0.15) is 11.6 Å². The van der Waals surface area contributed by atoms with E-state index in [1.165, 1.54) is 18.9 Å². The van der Waals surface area contributed by atoms with Crippen LogP contribution in [-0.4, -0.2) is 65.2 Å². The highest BCUT2D eigenvalue weighted by molar-refractivity contribution is 7.99. The molecule has 0 spiro atoms. The number of carboxylic acid groups (broad SMARTS) is 1. The summed E-state index contributed by atoms with van der Waals surface area (Å²) in [4.78, 5) is 22.5. The molecule has 0 aliphatic heterocycles. The second kappa shape index (κ2) is 9.04. The molecular formula is C12H23NO6S. The van der Waals surface area contributed by atoms with E-state index in [2.05, 4.69) is 5.32 Å². The summed E-state index contributed by atoms with van der Waals surface area (Å²) >= 11 is 1.22. The summed E-state index contributed by atoms with van der Waals surface area (Å²) in [5.41, 5.74) is -0.686. The van der Waals surface area contributed by atoms with Crippen molar-refractivity contribution in [3.05, 3.63) is 0 Å². The number of ether oxygens (including phenoxy) is 2. The number of alkyl carbamates (subject to hydrolysis) is 1. The Morgan fingerprint density at radius 1 is 1.30 bits per heavy atom. The standard InChI is InChI=1S/C12H23NO6S/c1-12(2,3)19-11(17)13-9(10(15)16)7-20-6-8(14)5-18-4/h8-9,14H,5-7H2,1-4H3,(H,13,17)(H,15,16). The van der Waals surface area contributed by atoms with E-state index in [1.807, 2.05) is 0 Å². The van der Waals surface area contributed by atoms with E-state index in [1.54, 1.807) is 20.8 Å². The Hall–Kier alpha value is -0.990. The molecule has 0 saturated carbocycles. The maximum Gasteiger partial charge on any atom is 0.408 e. The number of carbonyl (C=O) groups is 2. The maximum absolute atomic E-state index is 11.5. The smallest absolute Gasteiger partial charge is 0.408 e. The summed E-state index contributed by atoms with van der Waals surface area (Å²) in [5, 5.41) is 20.7. The molecule has 118 valence electrons. The molecule has 20 heavy (non-hydrogen) atoms. The molecule has 3 N–H and O–H groups in total.